The highest BCUT2D eigenvalue weighted by molar-refractivity contribution is 7.10. The lowest BCUT2D eigenvalue weighted by Gasteiger charge is -2.37. The number of aliphatic hydroxyl groups excluding tert-OH is 1. The molecule has 1 amide bonds. The number of amides is 1. The molecule has 0 spiro atoms. The molecule has 0 radical (unpaired) electrons. The molecule has 0 aromatic carbocycles. The van der Waals surface area contributed by atoms with E-state index in [1.54, 1.807) is 17.5 Å². The summed E-state index contributed by atoms with van der Waals surface area (Å²) in [7, 11) is 0. The van der Waals surface area contributed by atoms with Crippen molar-refractivity contribution >= 4 is 17.2 Å². The predicted octanol–water partition coefficient (Wildman–Crippen LogP) is 1.71. The molecule has 1 unspecified atom stereocenters. The lowest BCUT2D eigenvalue weighted by molar-refractivity contribution is 0.0241. The normalized spacial score (nSPS) is 23.6. The van der Waals surface area contributed by atoms with Crippen LogP contribution in [-0.2, 0) is 0 Å². The van der Waals surface area contributed by atoms with Gasteiger partial charge in [0.25, 0.3) is 5.91 Å². The highest BCUT2D eigenvalue weighted by Crippen LogP contribution is 2.39. The van der Waals surface area contributed by atoms with Crippen molar-refractivity contribution in [3.8, 4) is 0 Å². The maximum Gasteiger partial charge on any atom is 0.254 e. The van der Waals surface area contributed by atoms with E-state index >= 15 is 0 Å². The van der Waals surface area contributed by atoms with Crippen molar-refractivity contribution < 1.29 is 9.90 Å². The number of rotatable bonds is 4. The number of aliphatic hydroxyl groups is 1. The minimum atomic E-state index is -0.224. The standard InChI is InChI=1S/C13H15N3O2S/c17-10-4-8(5-10)12(11-2-1-3-19-11)16-13(18)9-6-14-15-7-9/h1-3,6-8,10,12,17H,4-5H2,(H,14,15)(H,16,18). The molecule has 19 heavy (non-hydrogen) atoms. The molecule has 1 fully saturated rings. The van der Waals surface area contributed by atoms with E-state index in [1.807, 2.05) is 17.5 Å². The van der Waals surface area contributed by atoms with E-state index in [4.69, 9.17) is 0 Å². The van der Waals surface area contributed by atoms with Crippen LogP contribution in [0.15, 0.2) is 29.9 Å². The Kier molecular flexibility index (Phi) is 3.35. The van der Waals surface area contributed by atoms with Gasteiger partial charge in [-0.2, -0.15) is 5.10 Å². The molecule has 1 saturated carbocycles. The van der Waals surface area contributed by atoms with Crippen molar-refractivity contribution in [2.75, 3.05) is 0 Å². The van der Waals surface area contributed by atoms with Gasteiger partial charge in [0.1, 0.15) is 0 Å². The average Bonchev–Trinajstić information content (AvgIpc) is 3.03. The number of aromatic nitrogens is 2. The van der Waals surface area contributed by atoms with Crippen LogP contribution >= 0.6 is 11.3 Å². The van der Waals surface area contributed by atoms with Crippen molar-refractivity contribution in [2.45, 2.75) is 25.0 Å². The number of carbonyl (C=O) groups is 1. The minimum absolute atomic E-state index is 0.0224. The van der Waals surface area contributed by atoms with Crippen LogP contribution in [0.3, 0.4) is 0 Å². The molecular weight excluding hydrogens is 262 g/mol. The highest BCUT2D eigenvalue weighted by atomic mass is 32.1. The monoisotopic (exact) mass is 277 g/mol. The summed E-state index contributed by atoms with van der Waals surface area (Å²) in [6.45, 7) is 0. The van der Waals surface area contributed by atoms with Gasteiger partial charge in [-0.3, -0.25) is 9.89 Å². The van der Waals surface area contributed by atoms with Crippen molar-refractivity contribution in [2.24, 2.45) is 5.92 Å². The van der Waals surface area contributed by atoms with Gasteiger partial charge in [0.05, 0.1) is 23.9 Å². The quantitative estimate of drug-likeness (QED) is 0.796. The van der Waals surface area contributed by atoms with Crippen LogP contribution in [0.2, 0.25) is 0 Å². The Morgan fingerprint density at radius 2 is 2.42 bits per heavy atom. The SMILES string of the molecule is O=C(NC(c1cccs1)C1CC(O)C1)c1cn[nH]c1. The summed E-state index contributed by atoms with van der Waals surface area (Å²) < 4.78 is 0. The molecule has 1 aliphatic rings. The molecule has 1 atom stereocenters. The molecule has 2 aromatic heterocycles. The fourth-order valence-electron chi connectivity index (χ4n) is 2.39. The van der Waals surface area contributed by atoms with E-state index in [0.29, 0.717) is 11.5 Å². The molecule has 0 bridgehead atoms. The number of aromatic amines is 1. The number of nitrogens with one attached hydrogen (secondary N) is 2. The van der Waals surface area contributed by atoms with Crippen LogP contribution < -0.4 is 5.32 Å². The van der Waals surface area contributed by atoms with Crippen LogP contribution in [0.25, 0.3) is 0 Å². The van der Waals surface area contributed by atoms with Gasteiger partial charge in [-0.15, -0.1) is 11.3 Å². The minimum Gasteiger partial charge on any atom is -0.393 e. The van der Waals surface area contributed by atoms with Crippen molar-refractivity contribution in [1.29, 1.82) is 0 Å². The molecular formula is C13H15N3O2S. The van der Waals surface area contributed by atoms with E-state index in [0.717, 1.165) is 17.7 Å². The maximum absolute atomic E-state index is 12.1. The molecule has 1 aliphatic carbocycles. The van der Waals surface area contributed by atoms with E-state index < -0.39 is 0 Å². The third kappa shape index (κ3) is 2.54. The van der Waals surface area contributed by atoms with Gasteiger partial charge in [-0.05, 0) is 30.2 Å². The van der Waals surface area contributed by atoms with Gasteiger partial charge in [0.2, 0.25) is 0 Å². The van der Waals surface area contributed by atoms with E-state index in [1.165, 1.54) is 6.20 Å². The van der Waals surface area contributed by atoms with Crippen molar-refractivity contribution in [3.63, 3.8) is 0 Å². The van der Waals surface area contributed by atoms with Gasteiger partial charge >= 0.3 is 0 Å². The Morgan fingerprint density at radius 1 is 1.58 bits per heavy atom. The number of carbonyl (C=O) groups excluding carboxylic acids is 1. The molecule has 3 N–H and O–H groups in total. The smallest absolute Gasteiger partial charge is 0.254 e. The van der Waals surface area contributed by atoms with Gasteiger partial charge in [-0.25, -0.2) is 0 Å². The number of hydrogen-bond donors (Lipinski definition) is 3. The summed E-state index contributed by atoms with van der Waals surface area (Å²) in [5, 5.41) is 20.9. The second-order valence-corrected chi connectivity index (χ2v) is 5.82. The molecule has 6 heteroatoms. The van der Waals surface area contributed by atoms with E-state index in [9.17, 15) is 9.90 Å². The van der Waals surface area contributed by atoms with Gasteiger partial charge in [0, 0.05) is 11.1 Å². The van der Waals surface area contributed by atoms with Crippen LogP contribution in [0, 0.1) is 5.92 Å². The van der Waals surface area contributed by atoms with Crippen molar-refractivity contribution in [1.82, 2.24) is 15.5 Å². The molecule has 2 heterocycles. The van der Waals surface area contributed by atoms with Gasteiger partial charge in [0.15, 0.2) is 0 Å². The highest BCUT2D eigenvalue weighted by Gasteiger charge is 2.36. The number of thiophene rings is 1. The first-order chi connectivity index (χ1) is 9.24. The number of H-pyrrole nitrogens is 1. The summed E-state index contributed by atoms with van der Waals surface area (Å²) in [5.74, 6) is 0.179. The van der Waals surface area contributed by atoms with Crippen LogP contribution in [0.5, 0.6) is 0 Å². The van der Waals surface area contributed by atoms with Crippen LogP contribution in [0.1, 0.15) is 34.1 Å². The third-order valence-corrected chi connectivity index (χ3v) is 4.47. The number of hydrogen-bond acceptors (Lipinski definition) is 4. The predicted molar refractivity (Wildman–Crippen MR) is 71.8 cm³/mol. The second-order valence-electron chi connectivity index (χ2n) is 4.84. The second kappa shape index (κ2) is 5.14. The Labute approximate surface area is 114 Å². The molecule has 5 nitrogen and oxygen atoms in total. The molecule has 0 saturated heterocycles. The lowest BCUT2D eigenvalue weighted by Crippen LogP contribution is -2.41. The Hall–Kier alpha value is -1.66. The molecule has 2 aromatic rings. The summed E-state index contributed by atoms with van der Waals surface area (Å²) >= 11 is 1.63. The largest absolute Gasteiger partial charge is 0.393 e. The zero-order valence-corrected chi connectivity index (χ0v) is 11.1. The van der Waals surface area contributed by atoms with Crippen molar-refractivity contribution in [3.05, 3.63) is 40.3 Å². The first kappa shape index (κ1) is 12.4. The zero-order valence-electron chi connectivity index (χ0n) is 10.2. The number of nitrogens with zero attached hydrogens (tertiary/aromatic N) is 1. The van der Waals surface area contributed by atoms with E-state index in [-0.39, 0.29) is 18.1 Å². The molecule has 100 valence electrons. The Morgan fingerprint density at radius 3 is 3.00 bits per heavy atom. The third-order valence-electron chi connectivity index (χ3n) is 3.52. The van der Waals surface area contributed by atoms with E-state index in [2.05, 4.69) is 15.5 Å². The maximum atomic E-state index is 12.1. The molecule has 3 rings (SSSR count). The summed E-state index contributed by atoms with van der Waals surface area (Å²) in [4.78, 5) is 13.2. The fourth-order valence-corrected chi connectivity index (χ4v) is 3.26. The topological polar surface area (TPSA) is 78.0 Å². The van der Waals surface area contributed by atoms with Crippen LogP contribution in [0.4, 0.5) is 0 Å². The first-order valence-corrected chi connectivity index (χ1v) is 7.13. The summed E-state index contributed by atoms with van der Waals surface area (Å²) in [5.41, 5.74) is 0.529. The zero-order chi connectivity index (χ0) is 13.2. The van der Waals surface area contributed by atoms with Gasteiger partial charge < -0.3 is 10.4 Å². The lowest BCUT2D eigenvalue weighted by atomic mass is 9.76. The Bertz CT molecular complexity index is 532. The summed E-state index contributed by atoms with van der Waals surface area (Å²) in [6, 6.07) is 3.98. The fraction of sp³-hybridized carbons (Fsp3) is 0.385. The average molecular weight is 277 g/mol. The van der Waals surface area contributed by atoms with Crippen LogP contribution in [-0.4, -0.2) is 27.3 Å². The molecule has 0 aliphatic heterocycles. The summed E-state index contributed by atoms with van der Waals surface area (Å²) in [6.07, 6.45) is 4.35. The first-order valence-electron chi connectivity index (χ1n) is 6.25. The van der Waals surface area contributed by atoms with Gasteiger partial charge in [-0.1, -0.05) is 6.07 Å². The Balaban J connectivity index is 1.74.